The van der Waals surface area contributed by atoms with Crippen molar-refractivity contribution in [2.24, 2.45) is 5.73 Å². The third-order valence-corrected chi connectivity index (χ3v) is 3.62. The van der Waals surface area contributed by atoms with Crippen molar-refractivity contribution >= 4 is 16.8 Å². The Hall–Kier alpha value is -2.69. The fourth-order valence-corrected chi connectivity index (χ4v) is 2.41. The molecule has 3 aromatic rings. The molecule has 5 heteroatoms. The number of benzene rings is 1. The summed E-state index contributed by atoms with van der Waals surface area (Å²) in [5.74, 6) is 0.384. The molecule has 21 heavy (non-hydrogen) atoms. The van der Waals surface area contributed by atoms with Gasteiger partial charge in [-0.2, -0.15) is 0 Å². The first-order valence-corrected chi connectivity index (χ1v) is 6.68. The highest BCUT2D eigenvalue weighted by Gasteiger charge is 2.15. The molecule has 106 valence electrons. The molecule has 2 aromatic heterocycles. The van der Waals surface area contributed by atoms with Gasteiger partial charge < -0.3 is 10.3 Å². The fraction of sp³-hybridized carbons (Fsp3) is 0.188. The molecule has 3 rings (SSSR count). The summed E-state index contributed by atoms with van der Waals surface area (Å²) in [6, 6.07) is 9.36. The highest BCUT2D eigenvalue weighted by molar-refractivity contribution is 6.05. The van der Waals surface area contributed by atoms with Gasteiger partial charge >= 0.3 is 0 Å². The monoisotopic (exact) mass is 281 g/mol. The van der Waals surface area contributed by atoms with Gasteiger partial charge in [-0.05, 0) is 30.7 Å². The summed E-state index contributed by atoms with van der Waals surface area (Å²) in [5, 5.41) is 4.81. The minimum Gasteiger partial charge on any atom is -0.366 e. The van der Waals surface area contributed by atoms with E-state index in [2.05, 4.69) is 10.1 Å². The summed E-state index contributed by atoms with van der Waals surface area (Å²) in [6.07, 6.45) is 1.59. The van der Waals surface area contributed by atoms with Gasteiger partial charge in [0.05, 0.1) is 16.8 Å². The molecule has 2 N–H and O–H groups in total. The van der Waals surface area contributed by atoms with Crippen LogP contribution in [0.2, 0.25) is 0 Å². The van der Waals surface area contributed by atoms with E-state index in [9.17, 15) is 4.79 Å². The largest absolute Gasteiger partial charge is 0.366 e. The van der Waals surface area contributed by atoms with Gasteiger partial charge in [0, 0.05) is 23.6 Å². The number of nitrogens with two attached hydrogens (primary N) is 1. The third-order valence-electron chi connectivity index (χ3n) is 3.62. The van der Waals surface area contributed by atoms with Crippen LogP contribution in [0.4, 0.5) is 0 Å². The topological polar surface area (TPSA) is 82.0 Å². The Labute approximate surface area is 121 Å². The maximum Gasteiger partial charge on any atom is 0.249 e. The standard InChI is InChI=1S/C16H15N3O2/c1-9-7-15(19-21-9)10(2)11-3-4-14-13(8-11)12(16(17)20)5-6-18-14/h3-8,10H,1-2H3,(H2,17,20). The van der Waals surface area contributed by atoms with E-state index in [1.807, 2.05) is 38.1 Å². The second kappa shape index (κ2) is 5.01. The number of nitrogens with zero attached hydrogens (tertiary/aromatic N) is 2. The molecule has 1 amide bonds. The molecule has 0 aliphatic heterocycles. The lowest BCUT2D eigenvalue weighted by Gasteiger charge is -2.10. The van der Waals surface area contributed by atoms with Gasteiger partial charge in [0.1, 0.15) is 5.76 Å². The SMILES string of the molecule is Cc1cc(C(C)c2ccc3nccc(C(N)=O)c3c2)no1. The van der Waals surface area contributed by atoms with Gasteiger partial charge in [0.25, 0.3) is 0 Å². The first-order chi connectivity index (χ1) is 10.1. The van der Waals surface area contributed by atoms with Crippen LogP contribution in [-0.4, -0.2) is 16.0 Å². The van der Waals surface area contributed by atoms with E-state index in [0.717, 1.165) is 27.9 Å². The number of primary amides is 1. The minimum atomic E-state index is -0.454. The van der Waals surface area contributed by atoms with Crippen LogP contribution in [0.25, 0.3) is 10.9 Å². The van der Waals surface area contributed by atoms with Gasteiger partial charge in [0.2, 0.25) is 5.91 Å². The van der Waals surface area contributed by atoms with Crippen LogP contribution in [0.1, 0.15) is 40.2 Å². The molecule has 0 saturated carbocycles. The van der Waals surface area contributed by atoms with Crippen molar-refractivity contribution < 1.29 is 9.32 Å². The summed E-state index contributed by atoms with van der Waals surface area (Å²) < 4.78 is 5.12. The second-order valence-corrected chi connectivity index (χ2v) is 5.08. The highest BCUT2D eigenvalue weighted by atomic mass is 16.5. The third kappa shape index (κ3) is 2.38. The molecule has 0 aliphatic carbocycles. The molecule has 0 bridgehead atoms. The van der Waals surface area contributed by atoms with E-state index in [1.54, 1.807) is 12.3 Å². The molecule has 5 nitrogen and oxygen atoms in total. The molecule has 0 aliphatic rings. The van der Waals surface area contributed by atoms with E-state index in [-0.39, 0.29) is 5.92 Å². The molecule has 1 unspecified atom stereocenters. The fourth-order valence-electron chi connectivity index (χ4n) is 2.41. The van der Waals surface area contributed by atoms with Crippen molar-refractivity contribution in [3.8, 4) is 0 Å². The van der Waals surface area contributed by atoms with Crippen molar-refractivity contribution in [1.82, 2.24) is 10.1 Å². The van der Waals surface area contributed by atoms with Gasteiger partial charge in [-0.15, -0.1) is 0 Å². The van der Waals surface area contributed by atoms with Crippen LogP contribution < -0.4 is 5.73 Å². The molecular formula is C16H15N3O2. The predicted octanol–water partition coefficient (Wildman–Crippen LogP) is 2.78. The van der Waals surface area contributed by atoms with Crippen LogP contribution in [0, 0.1) is 6.92 Å². The zero-order valence-corrected chi connectivity index (χ0v) is 11.8. The highest BCUT2D eigenvalue weighted by Crippen LogP contribution is 2.27. The van der Waals surface area contributed by atoms with Gasteiger partial charge in [0.15, 0.2) is 0 Å². The number of carbonyl (C=O) groups excluding carboxylic acids is 1. The number of hydrogen-bond acceptors (Lipinski definition) is 4. The Kier molecular flexibility index (Phi) is 3.17. The zero-order chi connectivity index (χ0) is 15.0. The Morgan fingerprint density at radius 2 is 2.10 bits per heavy atom. The van der Waals surface area contributed by atoms with E-state index in [4.69, 9.17) is 10.3 Å². The van der Waals surface area contributed by atoms with Crippen molar-refractivity contribution in [2.45, 2.75) is 19.8 Å². The smallest absolute Gasteiger partial charge is 0.249 e. The van der Waals surface area contributed by atoms with Crippen LogP contribution in [0.15, 0.2) is 41.1 Å². The molecular weight excluding hydrogens is 266 g/mol. The van der Waals surface area contributed by atoms with Crippen LogP contribution in [0.3, 0.4) is 0 Å². The number of aromatic nitrogens is 2. The van der Waals surface area contributed by atoms with E-state index in [1.165, 1.54) is 0 Å². The number of rotatable bonds is 3. The molecule has 0 radical (unpaired) electrons. The van der Waals surface area contributed by atoms with Crippen molar-refractivity contribution in [3.63, 3.8) is 0 Å². The average Bonchev–Trinajstić information content (AvgIpc) is 2.91. The van der Waals surface area contributed by atoms with Crippen molar-refractivity contribution in [3.05, 3.63) is 59.1 Å². The average molecular weight is 281 g/mol. The van der Waals surface area contributed by atoms with Gasteiger partial charge in [-0.25, -0.2) is 0 Å². The normalized spacial score (nSPS) is 12.5. The maximum absolute atomic E-state index is 11.5. The molecule has 2 heterocycles. The van der Waals surface area contributed by atoms with Crippen LogP contribution in [-0.2, 0) is 0 Å². The van der Waals surface area contributed by atoms with Crippen LogP contribution in [0.5, 0.6) is 0 Å². The molecule has 0 fully saturated rings. The van der Waals surface area contributed by atoms with Crippen molar-refractivity contribution in [2.75, 3.05) is 0 Å². The number of hydrogen-bond donors (Lipinski definition) is 1. The number of amides is 1. The van der Waals surface area contributed by atoms with Gasteiger partial charge in [-0.3, -0.25) is 9.78 Å². The van der Waals surface area contributed by atoms with Crippen LogP contribution >= 0.6 is 0 Å². The molecule has 0 saturated heterocycles. The summed E-state index contributed by atoms with van der Waals surface area (Å²) in [6.45, 7) is 3.90. The van der Waals surface area contributed by atoms with E-state index >= 15 is 0 Å². The Morgan fingerprint density at radius 1 is 1.29 bits per heavy atom. The Balaban J connectivity index is 2.12. The second-order valence-electron chi connectivity index (χ2n) is 5.08. The van der Waals surface area contributed by atoms with Gasteiger partial charge in [-0.1, -0.05) is 18.1 Å². The quantitative estimate of drug-likeness (QED) is 0.800. The predicted molar refractivity (Wildman–Crippen MR) is 79.0 cm³/mol. The maximum atomic E-state index is 11.5. The lowest BCUT2D eigenvalue weighted by Crippen LogP contribution is -2.11. The first-order valence-electron chi connectivity index (χ1n) is 6.68. The summed E-state index contributed by atoms with van der Waals surface area (Å²) >= 11 is 0. The Morgan fingerprint density at radius 3 is 2.76 bits per heavy atom. The van der Waals surface area contributed by atoms with E-state index < -0.39 is 5.91 Å². The van der Waals surface area contributed by atoms with E-state index in [0.29, 0.717) is 5.56 Å². The lowest BCUT2D eigenvalue weighted by molar-refractivity contribution is 0.100. The number of aryl methyl sites for hydroxylation is 1. The minimum absolute atomic E-state index is 0.0628. The molecule has 1 atom stereocenters. The number of pyridine rings is 1. The summed E-state index contributed by atoms with van der Waals surface area (Å²) in [5.41, 5.74) is 8.54. The van der Waals surface area contributed by atoms with Crippen molar-refractivity contribution in [1.29, 1.82) is 0 Å². The number of fused-ring (bicyclic) bond motifs is 1. The zero-order valence-electron chi connectivity index (χ0n) is 11.8. The summed E-state index contributed by atoms with van der Waals surface area (Å²) in [4.78, 5) is 15.8. The first kappa shape index (κ1) is 13.3. The lowest BCUT2D eigenvalue weighted by atomic mass is 9.95. The molecule has 0 spiro atoms. The number of carbonyl (C=O) groups is 1. The summed E-state index contributed by atoms with van der Waals surface area (Å²) in [7, 11) is 0. The molecule has 1 aromatic carbocycles. The Bertz CT molecular complexity index is 823.